The van der Waals surface area contributed by atoms with Crippen LogP contribution in [0.5, 0.6) is 11.5 Å². The van der Waals surface area contributed by atoms with Crippen molar-refractivity contribution in [1.29, 1.82) is 0 Å². The van der Waals surface area contributed by atoms with Gasteiger partial charge in [-0.2, -0.15) is 0 Å². The third-order valence-corrected chi connectivity index (χ3v) is 4.24. The van der Waals surface area contributed by atoms with Crippen LogP contribution in [0.4, 0.5) is 0 Å². The lowest BCUT2D eigenvalue weighted by Crippen LogP contribution is -1.97. The lowest BCUT2D eigenvalue weighted by molar-refractivity contribution is -0.130. The largest absolute Gasteiger partial charge is 0.454 e. The van der Waals surface area contributed by atoms with Crippen LogP contribution in [0.3, 0.4) is 0 Å². The van der Waals surface area contributed by atoms with Crippen LogP contribution >= 0.6 is 0 Å². The molecule has 0 spiro atoms. The van der Waals surface area contributed by atoms with Crippen molar-refractivity contribution >= 4 is 17.8 Å². The molecule has 0 atom stereocenters. The van der Waals surface area contributed by atoms with E-state index in [1.165, 1.54) is 5.56 Å². The summed E-state index contributed by atoms with van der Waals surface area (Å²) in [6.45, 7) is 4.33. The molecule has 2 heterocycles. The molecule has 2 aromatic rings. The number of hydrogen-bond acceptors (Lipinski definition) is 4. The minimum atomic E-state index is -0.346. The Bertz CT molecular complexity index is 906. The summed E-state index contributed by atoms with van der Waals surface area (Å²) < 4.78 is 16.1. The molecule has 0 radical (unpaired) electrons. The molecule has 0 amide bonds. The summed E-state index contributed by atoms with van der Waals surface area (Å²) in [5.41, 5.74) is 4.66. The van der Waals surface area contributed by atoms with E-state index in [0.29, 0.717) is 17.1 Å². The third-order valence-electron chi connectivity index (χ3n) is 4.24. The third kappa shape index (κ3) is 2.56. The Morgan fingerprint density at radius 1 is 0.958 bits per heavy atom. The Hall–Kier alpha value is -3.01. The number of fused-ring (bicyclic) bond motifs is 1. The van der Waals surface area contributed by atoms with E-state index in [2.05, 4.69) is 6.92 Å². The van der Waals surface area contributed by atoms with E-state index >= 15 is 0 Å². The minimum Gasteiger partial charge on any atom is -0.454 e. The molecule has 0 bridgehead atoms. The fraction of sp³-hybridized carbons (Fsp3) is 0.150. The Morgan fingerprint density at radius 2 is 1.79 bits per heavy atom. The second kappa shape index (κ2) is 5.57. The number of benzene rings is 2. The lowest BCUT2D eigenvalue weighted by Gasteiger charge is -2.05. The first kappa shape index (κ1) is 14.6. The average Bonchev–Trinajstić information content (AvgIpc) is 3.17. The number of carbonyl (C=O) groups is 1. The van der Waals surface area contributed by atoms with Crippen molar-refractivity contribution in [2.75, 3.05) is 6.79 Å². The maximum absolute atomic E-state index is 12.1. The highest BCUT2D eigenvalue weighted by atomic mass is 16.7. The van der Waals surface area contributed by atoms with Gasteiger partial charge in [0, 0.05) is 5.56 Å². The molecule has 0 N–H and O–H groups in total. The zero-order valence-corrected chi connectivity index (χ0v) is 13.5. The summed E-state index contributed by atoms with van der Waals surface area (Å²) in [5.74, 6) is 1.64. The SMILES string of the molecule is Cc1ccc(C2=C/C(=C/c3ccc4c(c3)OCO4)C(=O)O2)cc1C. The van der Waals surface area contributed by atoms with Gasteiger partial charge in [-0.25, -0.2) is 4.79 Å². The molecule has 4 rings (SSSR count). The highest BCUT2D eigenvalue weighted by Crippen LogP contribution is 2.34. The minimum absolute atomic E-state index is 0.230. The molecule has 0 unspecified atom stereocenters. The standard InChI is InChI=1S/C20H16O4/c1-12-3-5-15(7-13(12)2)18-10-16(20(21)24-18)8-14-4-6-17-19(9-14)23-11-22-17/h3-10H,11H2,1-2H3/b16-8-. The Balaban J connectivity index is 1.67. The van der Waals surface area contributed by atoms with Crippen molar-refractivity contribution in [2.45, 2.75) is 13.8 Å². The Labute approximate surface area is 140 Å². The molecular weight excluding hydrogens is 304 g/mol. The van der Waals surface area contributed by atoms with Crippen molar-refractivity contribution in [3.8, 4) is 11.5 Å². The molecule has 0 saturated carbocycles. The molecule has 2 aliphatic heterocycles. The number of aryl methyl sites for hydroxylation is 2. The second-order valence-corrected chi connectivity index (χ2v) is 5.91. The Morgan fingerprint density at radius 3 is 2.62 bits per heavy atom. The topological polar surface area (TPSA) is 44.8 Å². The fourth-order valence-corrected chi connectivity index (χ4v) is 2.71. The van der Waals surface area contributed by atoms with Crippen LogP contribution < -0.4 is 9.47 Å². The van der Waals surface area contributed by atoms with E-state index in [1.807, 2.05) is 43.3 Å². The van der Waals surface area contributed by atoms with Gasteiger partial charge in [0.1, 0.15) is 5.76 Å². The summed E-state index contributed by atoms with van der Waals surface area (Å²) in [5, 5.41) is 0. The van der Waals surface area contributed by atoms with Gasteiger partial charge in [0.05, 0.1) is 5.57 Å². The van der Waals surface area contributed by atoms with E-state index < -0.39 is 0 Å². The maximum Gasteiger partial charge on any atom is 0.343 e. The monoisotopic (exact) mass is 320 g/mol. The zero-order chi connectivity index (χ0) is 16.7. The second-order valence-electron chi connectivity index (χ2n) is 5.91. The number of esters is 1. The molecule has 4 nitrogen and oxygen atoms in total. The quantitative estimate of drug-likeness (QED) is 0.619. The van der Waals surface area contributed by atoms with Crippen LogP contribution in [0.1, 0.15) is 22.3 Å². The smallest absolute Gasteiger partial charge is 0.343 e. The molecule has 2 aliphatic rings. The van der Waals surface area contributed by atoms with Gasteiger partial charge < -0.3 is 14.2 Å². The summed E-state index contributed by atoms with van der Waals surface area (Å²) >= 11 is 0. The molecule has 120 valence electrons. The molecule has 0 fully saturated rings. The van der Waals surface area contributed by atoms with Crippen LogP contribution in [-0.2, 0) is 9.53 Å². The lowest BCUT2D eigenvalue weighted by atomic mass is 10.0. The van der Waals surface area contributed by atoms with Gasteiger partial charge in [-0.1, -0.05) is 18.2 Å². The van der Waals surface area contributed by atoms with Gasteiger partial charge in [-0.3, -0.25) is 0 Å². The van der Waals surface area contributed by atoms with E-state index in [1.54, 1.807) is 12.2 Å². The van der Waals surface area contributed by atoms with Crippen molar-refractivity contribution in [2.24, 2.45) is 0 Å². The first-order valence-corrected chi connectivity index (χ1v) is 7.73. The predicted molar refractivity (Wildman–Crippen MR) is 90.5 cm³/mol. The summed E-state index contributed by atoms with van der Waals surface area (Å²) in [6.07, 6.45) is 3.56. The van der Waals surface area contributed by atoms with E-state index in [9.17, 15) is 4.79 Å². The molecule has 24 heavy (non-hydrogen) atoms. The normalized spacial score (nSPS) is 17.2. The molecule has 0 aromatic heterocycles. The van der Waals surface area contributed by atoms with Crippen LogP contribution in [0.15, 0.2) is 48.0 Å². The van der Waals surface area contributed by atoms with Gasteiger partial charge in [-0.15, -0.1) is 0 Å². The van der Waals surface area contributed by atoms with Crippen LogP contribution in [0.25, 0.3) is 11.8 Å². The number of ether oxygens (including phenoxy) is 3. The van der Waals surface area contributed by atoms with Crippen LogP contribution in [0, 0.1) is 13.8 Å². The van der Waals surface area contributed by atoms with Crippen molar-refractivity contribution in [1.82, 2.24) is 0 Å². The summed E-state index contributed by atoms with van der Waals surface area (Å²) in [4.78, 5) is 12.1. The van der Waals surface area contributed by atoms with Gasteiger partial charge >= 0.3 is 5.97 Å². The predicted octanol–water partition coefficient (Wildman–Crippen LogP) is 4.01. The van der Waals surface area contributed by atoms with Gasteiger partial charge in [0.2, 0.25) is 6.79 Å². The zero-order valence-electron chi connectivity index (χ0n) is 13.5. The first-order valence-electron chi connectivity index (χ1n) is 7.73. The van der Waals surface area contributed by atoms with Crippen LogP contribution in [-0.4, -0.2) is 12.8 Å². The highest BCUT2D eigenvalue weighted by Gasteiger charge is 2.22. The fourth-order valence-electron chi connectivity index (χ4n) is 2.71. The summed E-state index contributed by atoms with van der Waals surface area (Å²) in [7, 11) is 0. The maximum atomic E-state index is 12.1. The van der Waals surface area contributed by atoms with E-state index in [4.69, 9.17) is 14.2 Å². The summed E-state index contributed by atoms with van der Waals surface area (Å²) in [6, 6.07) is 11.6. The highest BCUT2D eigenvalue weighted by molar-refractivity contribution is 6.05. The Kier molecular flexibility index (Phi) is 3.38. The van der Waals surface area contributed by atoms with Crippen molar-refractivity contribution < 1.29 is 19.0 Å². The number of hydrogen-bond donors (Lipinski definition) is 0. The van der Waals surface area contributed by atoms with E-state index in [0.717, 1.165) is 22.4 Å². The number of cyclic esters (lactones) is 1. The van der Waals surface area contributed by atoms with Gasteiger partial charge in [0.15, 0.2) is 11.5 Å². The van der Waals surface area contributed by atoms with E-state index in [-0.39, 0.29) is 12.8 Å². The first-order chi connectivity index (χ1) is 11.6. The van der Waals surface area contributed by atoms with Crippen LogP contribution in [0.2, 0.25) is 0 Å². The molecule has 2 aromatic carbocycles. The molecule has 0 aliphatic carbocycles. The van der Waals surface area contributed by atoms with Gasteiger partial charge in [0.25, 0.3) is 0 Å². The van der Waals surface area contributed by atoms with Crippen molar-refractivity contribution in [3.05, 3.63) is 70.3 Å². The number of rotatable bonds is 2. The molecule has 0 saturated heterocycles. The van der Waals surface area contributed by atoms with Gasteiger partial charge in [-0.05, 0) is 60.9 Å². The molecule has 4 heteroatoms. The van der Waals surface area contributed by atoms with Crippen molar-refractivity contribution in [3.63, 3.8) is 0 Å². The molecular formula is C20H16O4. The average molecular weight is 320 g/mol. The number of carbonyl (C=O) groups excluding carboxylic acids is 1.